The monoisotopic (exact) mass is 488 g/mol. The van der Waals surface area contributed by atoms with Gasteiger partial charge in [-0.15, -0.1) is 0 Å². The molecular formula is C25H27F3N4O3. The van der Waals surface area contributed by atoms with E-state index in [1.165, 1.54) is 17.0 Å². The third kappa shape index (κ3) is 4.23. The summed E-state index contributed by atoms with van der Waals surface area (Å²) in [6.45, 7) is 0.220. The van der Waals surface area contributed by atoms with Gasteiger partial charge in [0.25, 0.3) is 0 Å². The van der Waals surface area contributed by atoms with Crippen LogP contribution in [0.2, 0.25) is 0 Å². The van der Waals surface area contributed by atoms with E-state index in [1.807, 2.05) is 0 Å². The molecule has 1 saturated heterocycles. The van der Waals surface area contributed by atoms with Gasteiger partial charge >= 0.3 is 6.18 Å². The Hall–Kier alpha value is -3.17. The standard InChI is InChI=1S/C25H27F3N4O3/c1-31(14-20-18-7-2-3-8-19(18)29-30-20)21(33)12-24(13-22(34)32(23(24)35)17-9-10-17)15-5-4-6-16(11-15)25(26,27)28/h4-6,11,17H,2-3,7-10,12-14H2,1H3,(H,29,30). The molecule has 1 atom stereocenters. The van der Waals surface area contributed by atoms with Crippen molar-refractivity contribution >= 4 is 17.7 Å². The number of fused-ring (bicyclic) bond motifs is 1. The summed E-state index contributed by atoms with van der Waals surface area (Å²) in [5.41, 5.74) is 0.421. The normalized spacial score (nSPS) is 22.5. The molecule has 0 spiro atoms. The van der Waals surface area contributed by atoms with Crippen molar-refractivity contribution in [2.75, 3.05) is 7.05 Å². The summed E-state index contributed by atoms with van der Waals surface area (Å²) in [4.78, 5) is 42.4. The molecule has 2 aromatic rings. The van der Waals surface area contributed by atoms with Gasteiger partial charge in [-0.05, 0) is 55.7 Å². The number of carbonyl (C=O) groups excluding carboxylic acids is 3. The minimum atomic E-state index is -4.61. The van der Waals surface area contributed by atoms with Crippen molar-refractivity contribution in [1.82, 2.24) is 20.0 Å². The van der Waals surface area contributed by atoms with Gasteiger partial charge in [-0.1, -0.05) is 18.2 Å². The number of hydrogen-bond acceptors (Lipinski definition) is 4. The number of imide groups is 1. The molecule has 0 radical (unpaired) electrons. The highest BCUT2D eigenvalue weighted by molar-refractivity contribution is 6.11. The molecule has 1 saturated carbocycles. The average Bonchev–Trinajstić information content (AvgIpc) is 3.52. The van der Waals surface area contributed by atoms with Gasteiger partial charge in [0.2, 0.25) is 17.7 Å². The number of aryl methyl sites for hydroxylation is 1. The van der Waals surface area contributed by atoms with Crippen LogP contribution in [0.15, 0.2) is 24.3 Å². The third-order valence-electron chi connectivity index (χ3n) is 7.41. The van der Waals surface area contributed by atoms with Gasteiger partial charge in [0, 0.05) is 31.6 Å². The summed E-state index contributed by atoms with van der Waals surface area (Å²) < 4.78 is 40.4. The maximum Gasteiger partial charge on any atom is 0.416 e. The fraction of sp³-hybridized carbons (Fsp3) is 0.520. The Morgan fingerprint density at radius 3 is 2.69 bits per heavy atom. The molecule has 2 heterocycles. The van der Waals surface area contributed by atoms with Gasteiger partial charge in [0.1, 0.15) is 0 Å². The second-order valence-corrected chi connectivity index (χ2v) is 9.90. The molecule has 1 aromatic carbocycles. The zero-order valence-electron chi connectivity index (χ0n) is 19.5. The number of H-pyrrole nitrogens is 1. The first-order valence-corrected chi connectivity index (χ1v) is 11.9. The van der Waals surface area contributed by atoms with Crippen LogP contribution >= 0.6 is 0 Å². The number of rotatable bonds is 6. The summed E-state index contributed by atoms with van der Waals surface area (Å²) >= 11 is 0. The van der Waals surface area contributed by atoms with Crippen molar-refractivity contribution < 1.29 is 27.6 Å². The number of aromatic amines is 1. The molecule has 35 heavy (non-hydrogen) atoms. The van der Waals surface area contributed by atoms with Crippen LogP contribution in [-0.4, -0.2) is 50.8 Å². The predicted octanol–water partition coefficient (Wildman–Crippen LogP) is 3.52. The average molecular weight is 489 g/mol. The number of nitrogens with zero attached hydrogens (tertiary/aromatic N) is 3. The van der Waals surface area contributed by atoms with Crippen LogP contribution in [-0.2, 0) is 45.4 Å². The molecule has 2 fully saturated rings. The smallest absolute Gasteiger partial charge is 0.340 e. The third-order valence-corrected chi connectivity index (χ3v) is 7.41. The van der Waals surface area contributed by atoms with E-state index in [9.17, 15) is 27.6 Å². The molecule has 1 aromatic heterocycles. The number of amides is 3. The van der Waals surface area contributed by atoms with Crippen molar-refractivity contribution in [2.24, 2.45) is 0 Å². The van der Waals surface area contributed by atoms with Gasteiger partial charge in [-0.25, -0.2) is 0 Å². The van der Waals surface area contributed by atoms with Gasteiger partial charge in [-0.2, -0.15) is 18.3 Å². The highest BCUT2D eigenvalue weighted by Crippen LogP contribution is 2.45. The first-order chi connectivity index (χ1) is 16.6. The molecule has 0 bridgehead atoms. The Morgan fingerprint density at radius 2 is 1.97 bits per heavy atom. The number of likely N-dealkylation sites (tertiary alicyclic amines) is 1. The molecule has 5 rings (SSSR count). The molecule has 3 amide bonds. The molecular weight excluding hydrogens is 461 g/mol. The van der Waals surface area contributed by atoms with E-state index >= 15 is 0 Å². The van der Waals surface area contributed by atoms with E-state index in [1.54, 1.807) is 7.05 Å². The number of hydrogen-bond donors (Lipinski definition) is 1. The molecule has 3 aliphatic rings. The summed E-state index contributed by atoms with van der Waals surface area (Å²) in [6, 6.07) is 4.23. The van der Waals surface area contributed by atoms with Crippen molar-refractivity contribution in [3.63, 3.8) is 0 Å². The summed E-state index contributed by atoms with van der Waals surface area (Å²) in [5, 5.41) is 7.40. The van der Waals surface area contributed by atoms with Gasteiger partial charge in [0.15, 0.2) is 0 Å². The fourth-order valence-corrected chi connectivity index (χ4v) is 5.31. The van der Waals surface area contributed by atoms with E-state index in [2.05, 4.69) is 10.2 Å². The number of aromatic nitrogens is 2. The van der Waals surface area contributed by atoms with Crippen molar-refractivity contribution in [1.29, 1.82) is 0 Å². The molecule has 10 heteroatoms. The Morgan fingerprint density at radius 1 is 1.23 bits per heavy atom. The number of carbonyl (C=O) groups is 3. The highest BCUT2D eigenvalue weighted by Gasteiger charge is 2.57. The summed E-state index contributed by atoms with van der Waals surface area (Å²) in [5.74, 6) is -1.44. The van der Waals surface area contributed by atoms with Crippen molar-refractivity contribution in [3.8, 4) is 0 Å². The Labute approximate surface area is 200 Å². The molecule has 1 N–H and O–H groups in total. The van der Waals surface area contributed by atoms with Gasteiger partial charge in [-0.3, -0.25) is 24.4 Å². The lowest BCUT2D eigenvalue weighted by Crippen LogP contribution is -2.43. The molecule has 7 nitrogen and oxygen atoms in total. The SMILES string of the molecule is CN(Cc1n[nH]c2c1CCCC2)C(=O)CC1(c2cccc(C(F)(F)F)c2)CC(=O)N(C2CC2)C1=O. The quantitative estimate of drug-likeness (QED) is 0.631. The molecule has 186 valence electrons. The summed E-state index contributed by atoms with van der Waals surface area (Å²) in [6.07, 6.45) is -0.0549. The predicted molar refractivity (Wildman–Crippen MR) is 119 cm³/mol. The number of benzene rings is 1. The van der Waals surface area contributed by atoms with Crippen LogP contribution in [0.4, 0.5) is 13.2 Å². The maximum absolute atomic E-state index is 13.6. The van der Waals surface area contributed by atoms with E-state index in [0.717, 1.165) is 59.7 Å². The van der Waals surface area contributed by atoms with Crippen LogP contribution in [0.3, 0.4) is 0 Å². The van der Waals surface area contributed by atoms with Crippen LogP contribution in [0.5, 0.6) is 0 Å². The molecule has 2 aliphatic carbocycles. The van der Waals surface area contributed by atoms with Crippen LogP contribution in [0, 0.1) is 0 Å². The van der Waals surface area contributed by atoms with E-state index in [-0.39, 0.29) is 31.0 Å². The van der Waals surface area contributed by atoms with Crippen molar-refractivity contribution in [2.45, 2.75) is 75.5 Å². The Bertz CT molecular complexity index is 1190. The molecule has 1 unspecified atom stereocenters. The molecule has 1 aliphatic heterocycles. The zero-order chi connectivity index (χ0) is 25.0. The second-order valence-electron chi connectivity index (χ2n) is 9.90. The van der Waals surface area contributed by atoms with Crippen LogP contribution in [0.1, 0.15) is 66.6 Å². The number of nitrogens with one attached hydrogen (secondary N) is 1. The van der Waals surface area contributed by atoms with Crippen LogP contribution < -0.4 is 0 Å². The topological polar surface area (TPSA) is 86.4 Å². The highest BCUT2D eigenvalue weighted by atomic mass is 19.4. The summed E-state index contributed by atoms with van der Waals surface area (Å²) in [7, 11) is 1.59. The lowest BCUT2D eigenvalue weighted by Gasteiger charge is -2.29. The Kier molecular flexibility index (Phi) is 5.72. The largest absolute Gasteiger partial charge is 0.416 e. The van der Waals surface area contributed by atoms with E-state index in [0.29, 0.717) is 12.8 Å². The first-order valence-electron chi connectivity index (χ1n) is 11.9. The minimum Gasteiger partial charge on any atom is -0.340 e. The van der Waals surface area contributed by atoms with E-state index in [4.69, 9.17) is 0 Å². The van der Waals surface area contributed by atoms with Crippen molar-refractivity contribution in [3.05, 3.63) is 52.3 Å². The van der Waals surface area contributed by atoms with Gasteiger partial charge in [0.05, 0.1) is 23.2 Å². The number of alkyl halides is 3. The fourth-order valence-electron chi connectivity index (χ4n) is 5.31. The maximum atomic E-state index is 13.6. The van der Waals surface area contributed by atoms with Gasteiger partial charge < -0.3 is 4.90 Å². The lowest BCUT2D eigenvalue weighted by molar-refractivity contribution is -0.143. The second kappa shape index (κ2) is 8.49. The van der Waals surface area contributed by atoms with Crippen LogP contribution in [0.25, 0.3) is 0 Å². The van der Waals surface area contributed by atoms with E-state index < -0.39 is 34.9 Å². The number of halogens is 3. The lowest BCUT2D eigenvalue weighted by atomic mass is 9.75. The Balaban J connectivity index is 1.45. The zero-order valence-corrected chi connectivity index (χ0v) is 19.5. The first kappa shape index (κ1) is 23.6. The minimum absolute atomic E-state index is 0.0488.